The first-order valence-corrected chi connectivity index (χ1v) is 10.6. The van der Waals surface area contributed by atoms with E-state index in [1.165, 1.54) is 6.07 Å². The molecule has 3 aromatic rings. The van der Waals surface area contributed by atoms with Crippen LogP contribution < -0.4 is 4.90 Å². The number of carbonyl (C=O) groups is 1. The Morgan fingerprint density at radius 3 is 2.55 bits per heavy atom. The first kappa shape index (κ1) is 23.5. The Bertz CT molecular complexity index is 954. The molecule has 0 fully saturated rings. The second-order valence-corrected chi connectivity index (χ2v) is 8.67. The van der Waals surface area contributed by atoms with Crippen LogP contribution in [0.2, 0.25) is 0 Å². The third-order valence-corrected chi connectivity index (χ3v) is 6.07. The molecular formula is C20H22ClF2N3OS2. The van der Waals surface area contributed by atoms with Crippen LogP contribution in [0, 0.1) is 11.6 Å². The molecule has 1 heterocycles. The van der Waals surface area contributed by atoms with E-state index in [0.717, 1.165) is 22.3 Å². The van der Waals surface area contributed by atoms with E-state index in [1.807, 2.05) is 49.3 Å². The van der Waals surface area contributed by atoms with Crippen LogP contribution in [0.5, 0.6) is 0 Å². The molecule has 156 valence electrons. The number of benzene rings is 2. The fourth-order valence-electron chi connectivity index (χ4n) is 2.60. The van der Waals surface area contributed by atoms with Gasteiger partial charge in [-0.2, -0.15) is 0 Å². The highest BCUT2D eigenvalue weighted by molar-refractivity contribution is 7.99. The Kier molecular flexibility index (Phi) is 8.82. The van der Waals surface area contributed by atoms with Gasteiger partial charge in [-0.3, -0.25) is 9.69 Å². The van der Waals surface area contributed by atoms with Crippen LogP contribution in [-0.4, -0.2) is 48.7 Å². The number of nitrogens with zero attached hydrogens (tertiary/aromatic N) is 3. The Hall–Kier alpha value is -1.74. The molecule has 0 unspecified atom stereocenters. The van der Waals surface area contributed by atoms with Gasteiger partial charge in [-0.1, -0.05) is 29.5 Å². The number of carbonyl (C=O) groups excluding carboxylic acids is 1. The van der Waals surface area contributed by atoms with Crippen molar-refractivity contribution in [1.82, 2.24) is 9.88 Å². The molecule has 1 amide bonds. The first-order chi connectivity index (χ1) is 13.4. The van der Waals surface area contributed by atoms with Crippen LogP contribution in [0.15, 0.2) is 47.4 Å². The smallest absolute Gasteiger partial charge is 0.229 e. The lowest BCUT2D eigenvalue weighted by Gasteiger charge is -2.22. The molecule has 0 saturated heterocycles. The average molecular weight is 458 g/mol. The predicted molar refractivity (Wildman–Crippen MR) is 119 cm³/mol. The Balaban J connectivity index is 0.00000300. The van der Waals surface area contributed by atoms with Crippen molar-refractivity contribution < 1.29 is 13.6 Å². The normalized spacial score (nSPS) is 10.9. The Labute approximate surface area is 183 Å². The zero-order valence-electron chi connectivity index (χ0n) is 16.1. The number of thioether (sulfide) groups is 1. The van der Waals surface area contributed by atoms with E-state index < -0.39 is 11.6 Å². The van der Waals surface area contributed by atoms with Crippen LogP contribution in [0.3, 0.4) is 0 Å². The number of halogens is 3. The van der Waals surface area contributed by atoms with Gasteiger partial charge in [0.25, 0.3) is 0 Å². The minimum atomic E-state index is -0.711. The van der Waals surface area contributed by atoms with Gasteiger partial charge in [0.15, 0.2) is 10.9 Å². The number of fused-ring (bicyclic) bond motifs is 1. The molecule has 1 aromatic heterocycles. The molecule has 0 radical (unpaired) electrons. The minimum absolute atomic E-state index is 0. The summed E-state index contributed by atoms with van der Waals surface area (Å²) in [4.78, 5) is 21.8. The zero-order chi connectivity index (χ0) is 20.1. The molecule has 0 atom stereocenters. The number of amides is 1. The monoisotopic (exact) mass is 457 g/mol. The fraction of sp³-hybridized carbons (Fsp3) is 0.300. The maximum absolute atomic E-state index is 14.0. The maximum atomic E-state index is 14.0. The van der Waals surface area contributed by atoms with Crippen molar-refractivity contribution in [1.29, 1.82) is 0 Å². The lowest BCUT2D eigenvalue weighted by molar-refractivity contribution is -0.118. The molecular weight excluding hydrogens is 436 g/mol. The number of likely N-dealkylation sites (N-methyl/N-ethyl adjacent to an activating group) is 1. The van der Waals surface area contributed by atoms with Crippen molar-refractivity contribution in [2.75, 3.05) is 37.8 Å². The average Bonchev–Trinajstić information content (AvgIpc) is 3.06. The second-order valence-electron chi connectivity index (χ2n) is 6.49. The van der Waals surface area contributed by atoms with Crippen molar-refractivity contribution in [3.05, 3.63) is 54.1 Å². The fourth-order valence-corrected chi connectivity index (χ4v) is 4.51. The maximum Gasteiger partial charge on any atom is 0.229 e. The van der Waals surface area contributed by atoms with E-state index in [-0.39, 0.29) is 23.8 Å². The minimum Gasteiger partial charge on any atom is -0.308 e. The van der Waals surface area contributed by atoms with Crippen molar-refractivity contribution in [3.63, 3.8) is 0 Å². The number of thiazole rings is 1. The molecule has 0 aliphatic heterocycles. The predicted octanol–water partition coefficient (Wildman–Crippen LogP) is 5.07. The van der Waals surface area contributed by atoms with Crippen LogP contribution in [0.1, 0.15) is 6.42 Å². The van der Waals surface area contributed by atoms with E-state index in [9.17, 15) is 13.6 Å². The lowest BCUT2D eigenvalue weighted by atomic mass is 10.3. The van der Waals surface area contributed by atoms with E-state index in [0.29, 0.717) is 35.1 Å². The quantitative estimate of drug-likeness (QED) is 0.442. The van der Waals surface area contributed by atoms with Crippen LogP contribution in [0.25, 0.3) is 10.2 Å². The molecule has 9 heteroatoms. The highest BCUT2D eigenvalue weighted by Crippen LogP contribution is 2.31. The first-order valence-electron chi connectivity index (χ1n) is 8.82. The summed E-state index contributed by atoms with van der Waals surface area (Å²) >= 11 is 2.74. The van der Waals surface area contributed by atoms with Gasteiger partial charge in [-0.25, -0.2) is 13.8 Å². The summed E-state index contributed by atoms with van der Waals surface area (Å²) < 4.78 is 27.9. The van der Waals surface area contributed by atoms with Gasteiger partial charge >= 0.3 is 0 Å². The molecule has 3 rings (SSSR count). The van der Waals surface area contributed by atoms with Crippen LogP contribution in [-0.2, 0) is 4.79 Å². The number of rotatable bonds is 8. The summed E-state index contributed by atoms with van der Waals surface area (Å²) in [5.74, 6) is -0.803. The standard InChI is InChI=1S/C20H21F2N3OS2.ClH/c1-24(2)9-10-25(18(26)8-11-27-15-6-4-3-5-7-15)20-23-19-16(22)12-14(21)13-17(19)28-20;/h3-7,12-13H,8-11H2,1-2H3;1H. The topological polar surface area (TPSA) is 36.4 Å². The Morgan fingerprint density at radius 1 is 1.14 bits per heavy atom. The largest absolute Gasteiger partial charge is 0.308 e. The number of hydrogen-bond donors (Lipinski definition) is 0. The lowest BCUT2D eigenvalue weighted by Crippen LogP contribution is -2.36. The van der Waals surface area contributed by atoms with E-state index in [2.05, 4.69) is 4.98 Å². The SMILES string of the molecule is CN(C)CCN(C(=O)CCSc1ccccc1)c1nc2c(F)cc(F)cc2s1.Cl. The number of aromatic nitrogens is 1. The summed E-state index contributed by atoms with van der Waals surface area (Å²) in [5, 5.41) is 0.399. The van der Waals surface area contributed by atoms with Gasteiger partial charge in [-0.15, -0.1) is 24.2 Å². The third kappa shape index (κ3) is 6.37. The highest BCUT2D eigenvalue weighted by Gasteiger charge is 2.21. The van der Waals surface area contributed by atoms with E-state index >= 15 is 0 Å². The van der Waals surface area contributed by atoms with Gasteiger partial charge in [0, 0.05) is 36.2 Å². The molecule has 0 N–H and O–H groups in total. The van der Waals surface area contributed by atoms with Crippen molar-refractivity contribution in [2.45, 2.75) is 11.3 Å². The van der Waals surface area contributed by atoms with Crippen LogP contribution >= 0.6 is 35.5 Å². The van der Waals surface area contributed by atoms with Gasteiger partial charge in [-0.05, 0) is 32.3 Å². The van der Waals surface area contributed by atoms with Gasteiger partial charge in [0.1, 0.15) is 11.3 Å². The van der Waals surface area contributed by atoms with E-state index in [4.69, 9.17) is 0 Å². The molecule has 0 aliphatic carbocycles. The van der Waals surface area contributed by atoms with Crippen LogP contribution in [0.4, 0.5) is 13.9 Å². The molecule has 0 saturated carbocycles. The van der Waals surface area contributed by atoms with Crippen molar-refractivity contribution in [2.24, 2.45) is 0 Å². The second kappa shape index (κ2) is 10.9. The summed E-state index contributed by atoms with van der Waals surface area (Å²) in [5.41, 5.74) is 0.0997. The number of anilines is 1. The molecule has 0 spiro atoms. The summed E-state index contributed by atoms with van der Waals surface area (Å²) in [7, 11) is 3.84. The molecule has 29 heavy (non-hydrogen) atoms. The van der Waals surface area contributed by atoms with Gasteiger partial charge in [0.05, 0.1) is 4.70 Å². The number of hydrogen-bond acceptors (Lipinski definition) is 5. The molecule has 2 aromatic carbocycles. The summed E-state index contributed by atoms with van der Waals surface area (Å²) in [6, 6.07) is 11.9. The molecule has 0 aliphatic rings. The third-order valence-electron chi connectivity index (χ3n) is 4.03. The van der Waals surface area contributed by atoms with Crippen molar-refractivity contribution in [3.8, 4) is 0 Å². The van der Waals surface area contributed by atoms with Gasteiger partial charge < -0.3 is 4.90 Å². The zero-order valence-corrected chi connectivity index (χ0v) is 18.5. The summed E-state index contributed by atoms with van der Waals surface area (Å²) in [6.07, 6.45) is 0.333. The van der Waals surface area contributed by atoms with Crippen molar-refractivity contribution >= 4 is 56.8 Å². The summed E-state index contributed by atoms with van der Waals surface area (Å²) in [6.45, 7) is 1.08. The Morgan fingerprint density at radius 2 is 1.86 bits per heavy atom. The van der Waals surface area contributed by atoms with E-state index in [1.54, 1.807) is 16.7 Å². The molecule has 0 bridgehead atoms. The molecule has 4 nitrogen and oxygen atoms in total. The highest BCUT2D eigenvalue weighted by atomic mass is 35.5. The van der Waals surface area contributed by atoms with Gasteiger partial charge in [0.2, 0.25) is 5.91 Å².